The third-order valence-electron chi connectivity index (χ3n) is 12.8. The molecule has 3 saturated heterocycles. The summed E-state index contributed by atoms with van der Waals surface area (Å²) in [4.78, 5) is 30.6. The Morgan fingerprint density at radius 1 is 0.682 bits per heavy atom. The minimum absolute atomic E-state index is 0.157. The first-order chi connectivity index (χ1) is 32.1. The second-order valence-corrected chi connectivity index (χ2v) is 17.5. The van der Waals surface area contributed by atoms with Gasteiger partial charge in [-0.05, 0) is 98.5 Å². The van der Waals surface area contributed by atoms with E-state index in [9.17, 15) is 0 Å². The van der Waals surface area contributed by atoms with Crippen LogP contribution < -0.4 is 20.0 Å². The summed E-state index contributed by atoms with van der Waals surface area (Å²) in [5, 5.41) is 20.0. The zero-order chi connectivity index (χ0) is 45.5. The van der Waals surface area contributed by atoms with Gasteiger partial charge in [0.05, 0.1) is 61.8 Å². The van der Waals surface area contributed by atoms with Crippen molar-refractivity contribution in [2.24, 2.45) is 7.05 Å². The number of nitrogens with zero attached hydrogens (tertiary/aromatic N) is 11. The molecule has 18 heteroatoms. The van der Waals surface area contributed by atoms with Gasteiger partial charge in [0, 0.05) is 98.7 Å². The summed E-state index contributed by atoms with van der Waals surface area (Å²) < 4.78 is 29.0. The maximum atomic E-state index is 15.8. The smallest absolute Gasteiger partial charge is 0.202 e. The van der Waals surface area contributed by atoms with Crippen LogP contribution >= 0.6 is 11.6 Å². The summed E-state index contributed by atoms with van der Waals surface area (Å²) in [5.74, 6) is 1.45. The van der Waals surface area contributed by atoms with Crippen LogP contribution in [0.15, 0.2) is 73.4 Å². The lowest BCUT2D eigenvalue weighted by Gasteiger charge is -2.35. The van der Waals surface area contributed by atoms with E-state index in [1.807, 2.05) is 68.2 Å². The molecule has 1 aromatic carbocycles. The minimum atomic E-state index is -0.237. The van der Waals surface area contributed by atoms with Crippen molar-refractivity contribution in [3.05, 3.63) is 95.7 Å². The highest BCUT2D eigenvalue weighted by atomic mass is 35.5. The largest absolute Gasteiger partial charge is 0.377 e. The van der Waals surface area contributed by atoms with Gasteiger partial charge in [-0.2, -0.15) is 10.2 Å². The van der Waals surface area contributed by atoms with E-state index < -0.39 is 0 Å². The molecule has 0 radical (unpaired) electrons. The Balaban J connectivity index is 0.000000158. The van der Waals surface area contributed by atoms with Crippen molar-refractivity contribution in [2.75, 3.05) is 80.4 Å². The van der Waals surface area contributed by atoms with E-state index in [0.29, 0.717) is 43.0 Å². The number of halogens is 2. The van der Waals surface area contributed by atoms with E-state index in [0.717, 1.165) is 123 Å². The molecule has 7 aromatic heterocycles. The number of H-pyrrole nitrogens is 2. The number of benzene rings is 1. The van der Waals surface area contributed by atoms with Gasteiger partial charge >= 0.3 is 0 Å². The molecule has 0 aliphatic carbocycles. The number of imidazole rings is 1. The Labute approximate surface area is 386 Å². The van der Waals surface area contributed by atoms with Crippen molar-refractivity contribution >= 4 is 50.7 Å². The number of aryl methyl sites for hydroxylation is 2. The highest BCUT2D eigenvalue weighted by molar-refractivity contribution is 6.28. The third kappa shape index (κ3) is 8.20. The molecule has 10 heterocycles. The lowest BCUT2D eigenvalue weighted by Crippen LogP contribution is -2.44. The standard InChI is InChI=1S/C27H30FN7O.C21H22ClN7O/c1-17-15-30-26(23-5-6-31-33-23)27-25(17)21(14-24(32-27)35-11-12-36-16-18(35)2)20-4-3-19(13-22(20)28)34-9-7-29-8-10-34;1-12-9-23-19(15-4-5-25-27-15)20-18(12)14(16-10-24-21(22)28(16)3)8-17(26-20)29-6-7-30-11-13(29)2/h3-6,13-15,18,29H,7-12,16H2,1-2H3,(H,31,33);4-5,8-10,13H,6-7,11H2,1-3H3,(H,25,27)/t18-;13-/m11/s1. The average Bonchev–Trinajstić information content (AvgIpc) is 4.14. The zero-order valence-electron chi connectivity index (χ0n) is 37.6. The van der Waals surface area contributed by atoms with Crippen LogP contribution in [0.5, 0.6) is 0 Å². The van der Waals surface area contributed by atoms with E-state index >= 15 is 4.39 Å². The Kier molecular flexibility index (Phi) is 12.1. The molecule has 340 valence electrons. The number of piperazine rings is 1. The molecule has 0 amide bonds. The first kappa shape index (κ1) is 43.4. The highest BCUT2D eigenvalue weighted by Crippen LogP contribution is 2.40. The molecule has 16 nitrogen and oxygen atoms in total. The first-order valence-corrected chi connectivity index (χ1v) is 22.7. The summed E-state index contributed by atoms with van der Waals surface area (Å²) in [6.07, 6.45) is 8.93. The molecule has 3 aliphatic rings. The van der Waals surface area contributed by atoms with E-state index in [-0.39, 0.29) is 17.9 Å². The number of rotatable bonds is 7. The third-order valence-corrected chi connectivity index (χ3v) is 13.1. The number of aromatic amines is 2. The van der Waals surface area contributed by atoms with Crippen molar-refractivity contribution in [1.29, 1.82) is 0 Å². The highest BCUT2D eigenvalue weighted by Gasteiger charge is 2.27. The number of hydrogen-bond donors (Lipinski definition) is 3. The number of pyridine rings is 4. The van der Waals surface area contributed by atoms with E-state index in [4.69, 9.17) is 41.0 Å². The van der Waals surface area contributed by atoms with Crippen LogP contribution in [0.3, 0.4) is 0 Å². The number of hydrogen-bond acceptors (Lipinski definition) is 13. The first-order valence-electron chi connectivity index (χ1n) is 22.4. The second kappa shape index (κ2) is 18.4. The van der Waals surface area contributed by atoms with E-state index in [1.165, 1.54) is 0 Å². The summed E-state index contributed by atoms with van der Waals surface area (Å²) in [7, 11) is 1.92. The summed E-state index contributed by atoms with van der Waals surface area (Å²) >= 11 is 6.28. The number of aromatic nitrogens is 10. The Morgan fingerprint density at radius 3 is 1.74 bits per heavy atom. The van der Waals surface area contributed by atoms with Gasteiger partial charge in [0.15, 0.2) is 0 Å². The van der Waals surface area contributed by atoms with Crippen molar-refractivity contribution in [3.63, 3.8) is 0 Å². The van der Waals surface area contributed by atoms with Gasteiger partial charge in [-0.25, -0.2) is 19.3 Å². The molecule has 11 rings (SSSR count). The number of nitrogens with one attached hydrogen (secondary N) is 3. The topological polar surface area (TPSA) is 167 Å². The van der Waals surface area contributed by atoms with Crippen LogP contribution in [-0.4, -0.2) is 128 Å². The average molecular weight is 911 g/mol. The molecule has 0 bridgehead atoms. The Morgan fingerprint density at radius 2 is 1.24 bits per heavy atom. The van der Waals surface area contributed by atoms with Crippen LogP contribution in [-0.2, 0) is 16.5 Å². The zero-order valence-corrected chi connectivity index (χ0v) is 38.4. The minimum Gasteiger partial charge on any atom is -0.377 e. The molecule has 0 saturated carbocycles. The van der Waals surface area contributed by atoms with Crippen LogP contribution in [0.4, 0.5) is 21.7 Å². The van der Waals surface area contributed by atoms with Crippen molar-refractivity contribution in [1.82, 2.24) is 55.2 Å². The molecule has 0 spiro atoms. The fraction of sp³-hybridized carbons (Fsp3) is 0.354. The summed E-state index contributed by atoms with van der Waals surface area (Å²) in [6, 6.07) is 13.9. The molecule has 3 N–H and O–H groups in total. The van der Waals surface area contributed by atoms with Crippen molar-refractivity contribution in [3.8, 4) is 45.2 Å². The number of morpholine rings is 2. The molecular weight excluding hydrogens is 859 g/mol. The predicted octanol–water partition coefficient (Wildman–Crippen LogP) is 7.38. The molecular formula is C48H52ClFN14O2. The quantitative estimate of drug-likeness (QED) is 0.145. The van der Waals surface area contributed by atoms with Crippen molar-refractivity contribution in [2.45, 2.75) is 39.8 Å². The van der Waals surface area contributed by atoms with Gasteiger partial charge in [0.2, 0.25) is 5.28 Å². The lowest BCUT2D eigenvalue weighted by atomic mass is 9.96. The fourth-order valence-corrected chi connectivity index (χ4v) is 9.41. The van der Waals surface area contributed by atoms with Gasteiger partial charge in [-0.15, -0.1) is 0 Å². The van der Waals surface area contributed by atoms with Crippen LogP contribution in [0, 0.1) is 19.7 Å². The monoisotopic (exact) mass is 910 g/mol. The summed E-state index contributed by atoms with van der Waals surface area (Å²) in [5.41, 5.74) is 10.9. The van der Waals surface area contributed by atoms with E-state index in [1.54, 1.807) is 24.7 Å². The van der Waals surface area contributed by atoms with Gasteiger partial charge in [-0.1, -0.05) is 0 Å². The van der Waals surface area contributed by atoms with Crippen molar-refractivity contribution < 1.29 is 13.9 Å². The van der Waals surface area contributed by atoms with Gasteiger partial charge in [0.1, 0.15) is 39.9 Å². The SMILES string of the molecule is Cc1cnc(-c2ccn[nH]2)c2nc(N3CCOC[C@H]3C)cc(-c3ccc(N4CCNCC4)cc3F)c12.Cc1cnc(-c2ccn[nH]2)c2nc(N3CCOC[C@H]3C)cc(-c3cnc(Cl)n3C)c12. The van der Waals surface area contributed by atoms with Gasteiger partial charge < -0.3 is 34.1 Å². The van der Waals surface area contributed by atoms with Gasteiger partial charge in [-0.3, -0.25) is 20.2 Å². The number of anilines is 3. The van der Waals surface area contributed by atoms with Crippen LogP contribution in [0.1, 0.15) is 25.0 Å². The molecule has 66 heavy (non-hydrogen) atoms. The normalized spacial score (nSPS) is 18.0. The van der Waals surface area contributed by atoms with Crippen LogP contribution in [0.2, 0.25) is 5.28 Å². The molecule has 8 aromatic rings. The Hall–Kier alpha value is -6.53. The molecule has 0 unspecified atom stereocenters. The molecule has 2 atom stereocenters. The maximum absolute atomic E-state index is 15.8. The molecule has 3 fully saturated rings. The van der Waals surface area contributed by atoms with Gasteiger partial charge in [0.25, 0.3) is 0 Å². The molecule has 3 aliphatic heterocycles. The van der Waals surface area contributed by atoms with Crippen LogP contribution in [0.25, 0.3) is 67.0 Å². The number of fused-ring (bicyclic) bond motifs is 2. The second-order valence-electron chi connectivity index (χ2n) is 17.1. The lowest BCUT2D eigenvalue weighted by molar-refractivity contribution is 0.0985. The van der Waals surface area contributed by atoms with E-state index in [2.05, 4.69) is 65.3 Å². The predicted molar refractivity (Wildman–Crippen MR) is 257 cm³/mol. The number of ether oxygens (including phenoxy) is 2. The maximum Gasteiger partial charge on any atom is 0.202 e. The Bertz CT molecular complexity index is 3010. The summed E-state index contributed by atoms with van der Waals surface area (Å²) in [6.45, 7) is 16.0. The fourth-order valence-electron chi connectivity index (χ4n) is 9.27.